The van der Waals surface area contributed by atoms with Crippen LogP contribution in [0.2, 0.25) is 0 Å². The molecule has 5 amide bonds. The number of anilines is 1. The van der Waals surface area contributed by atoms with E-state index in [4.69, 9.17) is 4.74 Å². The third-order valence-corrected chi connectivity index (χ3v) is 15.0. The summed E-state index contributed by atoms with van der Waals surface area (Å²) in [5.74, 6) is 0.465. The minimum atomic E-state index is -5.29. The van der Waals surface area contributed by atoms with Crippen LogP contribution in [0.5, 0.6) is 0 Å². The van der Waals surface area contributed by atoms with Gasteiger partial charge in [0.2, 0.25) is 5.91 Å². The van der Waals surface area contributed by atoms with Crippen LogP contribution in [0.1, 0.15) is 82.2 Å². The van der Waals surface area contributed by atoms with Gasteiger partial charge >= 0.3 is 31.1 Å². The van der Waals surface area contributed by atoms with E-state index in [1.54, 1.807) is 12.3 Å². The predicted octanol–water partition coefficient (Wildman–Crippen LogP) is 6.84. The number of piperazine rings is 1. The number of fused-ring (bicyclic) bond motifs is 2. The molecule has 2 unspecified atom stereocenters. The molecule has 3 aliphatic rings. The SMILES string of the molecule is COC(=O)N[C@H](C(=O)N[C@@H](Cc1ccc(C#Cc2ccc(N3CC4CCC(C3)N4C(=O)[C@@H]3CCCO3)nc2)cc1)[C@@H](O)CN(Cc1c(F)cc(-c2cnn(C(F)F)c2)cc1F)NC(=O)[C@@H](NC(=O)O)C(C)(C)C(F)(F)F)C(C)(C)C(F)(F)F. The average Bonchev–Trinajstić information content (AvgIpc) is 3.76. The van der Waals surface area contributed by atoms with Gasteiger partial charge in [0, 0.05) is 79.5 Å². The lowest BCUT2D eigenvalue weighted by Gasteiger charge is -2.42. The van der Waals surface area contributed by atoms with Crippen molar-refractivity contribution in [2.24, 2.45) is 10.8 Å². The number of nitrogens with zero attached hydrogens (tertiary/aromatic N) is 6. The van der Waals surface area contributed by atoms with Crippen molar-refractivity contribution >= 4 is 35.7 Å². The van der Waals surface area contributed by atoms with E-state index in [9.17, 15) is 69.3 Å². The lowest BCUT2D eigenvalue weighted by atomic mass is 9.82. The van der Waals surface area contributed by atoms with Crippen molar-refractivity contribution in [2.75, 3.05) is 38.3 Å². The maximum atomic E-state index is 16.0. The van der Waals surface area contributed by atoms with Crippen LogP contribution in [0.15, 0.2) is 67.1 Å². The zero-order chi connectivity index (χ0) is 60.9. The second-order valence-electron chi connectivity index (χ2n) is 21.4. The van der Waals surface area contributed by atoms with Crippen molar-refractivity contribution in [1.82, 2.24) is 46.0 Å². The minimum absolute atomic E-state index is 0.0243. The number of aromatic nitrogens is 3. The van der Waals surface area contributed by atoms with Gasteiger partial charge in [-0.05, 0) is 107 Å². The van der Waals surface area contributed by atoms with Crippen LogP contribution in [-0.2, 0) is 36.8 Å². The van der Waals surface area contributed by atoms with Crippen molar-refractivity contribution in [1.29, 1.82) is 0 Å². The van der Waals surface area contributed by atoms with Gasteiger partial charge in [-0.2, -0.15) is 40.2 Å². The Morgan fingerprint density at radius 1 is 0.807 bits per heavy atom. The van der Waals surface area contributed by atoms with E-state index < -0.39 is 121 Å². The summed E-state index contributed by atoms with van der Waals surface area (Å²) in [6.07, 6.45) is -10.7. The summed E-state index contributed by atoms with van der Waals surface area (Å²) in [5.41, 5.74) is -4.63. The molecule has 0 radical (unpaired) electrons. The van der Waals surface area contributed by atoms with Crippen LogP contribution < -0.4 is 26.3 Å². The van der Waals surface area contributed by atoms with Crippen LogP contribution in [-0.4, -0.2) is 153 Å². The second kappa shape index (κ2) is 25.4. The summed E-state index contributed by atoms with van der Waals surface area (Å²) in [6.45, 7) is -1.65. The lowest BCUT2D eigenvalue weighted by molar-refractivity contribution is -0.221. The molecule has 2 bridgehead atoms. The Bertz CT molecular complexity index is 3020. The molecule has 3 aliphatic heterocycles. The quantitative estimate of drug-likeness (QED) is 0.0321. The minimum Gasteiger partial charge on any atom is -0.465 e. The summed E-state index contributed by atoms with van der Waals surface area (Å²) in [6, 6.07) is 3.88. The lowest BCUT2D eigenvalue weighted by Crippen LogP contribution is -2.63. The van der Waals surface area contributed by atoms with Crippen LogP contribution >= 0.6 is 0 Å². The number of aliphatic hydroxyl groups is 1. The molecule has 4 aromatic rings. The number of alkyl halides is 8. The van der Waals surface area contributed by atoms with E-state index in [-0.39, 0.29) is 39.4 Å². The summed E-state index contributed by atoms with van der Waals surface area (Å²) in [7, 11) is 0.805. The molecule has 3 fully saturated rings. The maximum Gasteiger partial charge on any atom is 0.407 e. The Balaban J connectivity index is 1.16. The molecule has 7 rings (SSSR count). The zero-order valence-electron chi connectivity index (χ0n) is 45.3. The highest BCUT2D eigenvalue weighted by atomic mass is 19.4. The highest BCUT2D eigenvalue weighted by Gasteiger charge is 2.57. The van der Waals surface area contributed by atoms with E-state index in [1.165, 1.54) is 29.6 Å². The molecular formula is C54H60F10N10O9. The number of ether oxygens (including phenoxy) is 2. The van der Waals surface area contributed by atoms with E-state index in [1.807, 2.05) is 21.7 Å². The molecule has 0 spiro atoms. The number of alkyl carbamates (subject to hydrolysis) is 1. The average molecular weight is 1180 g/mol. The number of hydrogen-bond donors (Lipinski definition) is 6. The van der Waals surface area contributed by atoms with Crippen molar-refractivity contribution in [2.45, 2.75) is 128 Å². The molecular weight excluding hydrogens is 1120 g/mol. The van der Waals surface area contributed by atoms with E-state index in [0.29, 0.717) is 87.9 Å². The maximum absolute atomic E-state index is 16.0. The fraction of sp³-hybridized carbons (Fsp3) is 0.500. The summed E-state index contributed by atoms with van der Waals surface area (Å²) < 4.78 is 156. The zero-order valence-corrected chi connectivity index (χ0v) is 45.3. The van der Waals surface area contributed by atoms with Gasteiger partial charge in [0.25, 0.3) is 11.8 Å². The summed E-state index contributed by atoms with van der Waals surface area (Å²) in [4.78, 5) is 74.1. The normalized spacial score (nSPS) is 18.9. The highest BCUT2D eigenvalue weighted by Crippen LogP contribution is 2.42. The number of carbonyl (C=O) groups is 5. The first-order valence-corrected chi connectivity index (χ1v) is 26.0. The molecule has 2 aromatic heterocycles. The Morgan fingerprint density at radius 2 is 1.40 bits per heavy atom. The summed E-state index contributed by atoms with van der Waals surface area (Å²) in [5, 5.41) is 31.0. The van der Waals surface area contributed by atoms with E-state index >= 15 is 8.78 Å². The Kier molecular flexibility index (Phi) is 19.3. The fourth-order valence-electron chi connectivity index (χ4n) is 9.91. The first-order valence-electron chi connectivity index (χ1n) is 26.0. The fourth-order valence-corrected chi connectivity index (χ4v) is 9.91. The number of amides is 5. The molecule has 2 aromatic carbocycles. The van der Waals surface area contributed by atoms with Crippen molar-refractivity contribution < 1.29 is 87.6 Å². The number of pyridine rings is 1. The van der Waals surface area contributed by atoms with Gasteiger partial charge in [0.15, 0.2) is 0 Å². The van der Waals surface area contributed by atoms with Crippen LogP contribution in [0.4, 0.5) is 59.3 Å². The number of aliphatic hydroxyl groups excluding tert-OH is 1. The third kappa shape index (κ3) is 14.7. The molecule has 5 heterocycles. The van der Waals surface area contributed by atoms with Crippen LogP contribution in [0.25, 0.3) is 11.1 Å². The molecule has 83 heavy (non-hydrogen) atoms. The molecule has 6 N–H and O–H groups in total. The van der Waals surface area contributed by atoms with E-state index in [2.05, 4.69) is 36.9 Å². The number of carboxylic acid groups (broad SMARTS) is 1. The predicted molar refractivity (Wildman–Crippen MR) is 274 cm³/mol. The standard InChI is InChI=1S/C54H60F10N10O9/c1-51(2,53(59,60)61)43(69-50(81)82-5)45(76)67-39(19-30-11-8-29(9-12-30)10-13-31-14-17-42(65-22-31)71-25-34-15-16-35(26-71)74(34)47(78)41-7-6-18-83-41)40(75)28-72(70-46(77)44(68-49(79)80)52(3,4)54(62,63)64)27-36-37(55)20-32(21-38(36)56)33-23-66-73(24-33)48(57)58/h8-9,11-12,14,17,20-24,34-35,39-41,43-44,48,68,75H,6-7,15-16,18-19,25-28H2,1-5H3,(H,67,76)(H,69,81)(H,70,77)(H,79,80)/t34?,35?,39-,40-,41-,43+,44+/m0/s1. The van der Waals surface area contributed by atoms with Crippen LogP contribution in [0, 0.1) is 34.3 Å². The van der Waals surface area contributed by atoms with Gasteiger partial charge in [-0.25, -0.2) is 33.0 Å². The van der Waals surface area contributed by atoms with Gasteiger partial charge in [-0.3, -0.25) is 19.8 Å². The topological polar surface area (TPSA) is 233 Å². The number of carbonyl (C=O) groups excluding carboxylic acids is 4. The number of benzene rings is 2. The first-order chi connectivity index (χ1) is 38.9. The molecule has 0 saturated carbocycles. The van der Waals surface area contributed by atoms with E-state index in [0.717, 1.165) is 38.8 Å². The first kappa shape index (κ1) is 62.9. The molecule has 0 aliphatic carbocycles. The van der Waals surface area contributed by atoms with Gasteiger partial charge in [-0.1, -0.05) is 24.0 Å². The van der Waals surface area contributed by atoms with Crippen LogP contribution in [0.3, 0.4) is 0 Å². The number of hydrogen-bond acceptors (Lipinski definition) is 12. The highest BCUT2D eigenvalue weighted by molar-refractivity contribution is 5.87. The van der Waals surface area contributed by atoms with Gasteiger partial charge in [0.1, 0.15) is 35.6 Å². The smallest absolute Gasteiger partial charge is 0.407 e. The Morgan fingerprint density at radius 3 is 1.92 bits per heavy atom. The van der Waals surface area contributed by atoms with Gasteiger partial charge in [0.05, 0.1) is 36.3 Å². The Labute approximate surface area is 469 Å². The number of hydrazine groups is 1. The van der Waals surface area contributed by atoms with Crippen molar-refractivity contribution in [3.8, 4) is 23.0 Å². The van der Waals surface area contributed by atoms with Gasteiger partial charge < -0.3 is 45.4 Å². The third-order valence-electron chi connectivity index (χ3n) is 15.0. The second-order valence-corrected chi connectivity index (χ2v) is 21.4. The number of nitrogens with one attached hydrogen (secondary N) is 4. The largest absolute Gasteiger partial charge is 0.465 e. The molecule has 7 atom stereocenters. The number of rotatable bonds is 19. The molecule has 450 valence electrons. The van der Waals surface area contributed by atoms with Crippen molar-refractivity contribution in [3.05, 3.63) is 101 Å². The number of methoxy groups -OCH3 is 1. The Hall–Kier alpha value is -7.71. The summed E-state index contributed by atoms with van der Waals surface area (Å²) >= 11 is 0. The molecule has 29 heteroatoms. The molecule has 19 nitrogen and oxygen atoms in total. The van der Waals surface area contributed by atoms with Gasteiger partial charge in [-0.15, -0.1) is 0 Å². The monoisotopic (exact) mass is 1180 g/mol. The number of halogens is 10. The van der Waals surface area contributed by atoms with Crippen molar-refractivity contribution in [3.63, 3.8) is 0 Å². The molecule has 3 saturated heterocycles.